The highest BCUT2D eigenvalue weighted by Crippen LogP contribution is 1.90. The van der Waals surface area contributed by atoms with Crippen LogP contribution < -0.4 is 0 Å². The molecule has 0 rings (SSSR count). The highest BCUT2D eigenvalue weighted by molar-refractivity contribution is 5.85. The van der Waals surface area contributed by atoms with Gasteiger partial charge < -0.3 is 9.47 Å². The molecule has 0 N–H and O–H groups in total. The summed E-state index contributed by atoms with van der Waals surface area (Å²) < 4.78 is 9.13. The molecule has 0 aliphatic rings. The second-order valence-electron chi connectivity index (χ2n) is 2.85. The topological polar surface area (TPSA) is 69.7 Å². The maximum absolute atomic E-state index is 11.1. The van der Waals surface area contributed by atoms with Crippen molar-refractivity contribution in [2.75, 3.05) is 13.2 Å². The number of hydrogen-bond donors (Lipinski definition) is 0. The lowest BCUT2D eigenvalue weighted by Crippen LogP contribution is -2.20. The lowest BCUT2D eigenvalue weighted by atomic mass is 10.4. The van der Waals surface area contributed by atoms with Gasteiger partial charge in [-0.3, -0.25) is 14.4 Å². The van der Waals surface area contributed by atoms with Crippen molar-refractivity contribution in [2.45, 2.75) is 12.8 Å². The van der Waals surface area contributed by atoms with Gasteiger partial charge in [0.25, 0.3) is 0 Å². The van der Waals surface area contributed by atoms with Crippen LogP contribution in [-0.2, 0) is 23.9 Å². The molecule has 0 aromatic rings. The van der Waals surface area contributed by atoms with Gasteiger partial charge in [-0.1, -0.05) is 12.2 Å². The van der Waals surface area contributed by atoms with Gasteiger partial charge in [0.1, 0.15) is 0 Å². The monoisotopic (exact) mass is 226 g/mol. The second kappa shape index (κ2) is 8.40. The Morgan fingerprint density at radius 3 is 1.56 bits per heavy atom. The molecule has 0 aromatic heterocycles. The zero-order valence-corrected chi connectivity index (χ0v) is 8.94. The van der Waals surface area contributed by atoms with Gasteiger partial charge in [0, 0.05) is 0 Å². The molecule has 0 heterocycles. The van der Waals surface area contributed by atoms with E-state index >= 15 is 0 Å². The lowest BCUT2D eigenvalue weighted by Gasteiger charge is -2.03. The summed E-state index contributed by atoms with van der Waals surface area (Å²) >= 11 is 0. The molecular formula is C11H14O5. The number of carbonyl (C=O) groups is 3. The predicted molar refractivity (Wildman–Crippen MR) is 56.6 cm³/mol. The summed E-state index contributed by atoms with van der Waals surface area (Å²) in [5, 5.41) is 0. The molecule has 16 heavy (non-hydrogen) atoms. The summed E-state index contributed by atoms with van der Waals surface area (Å²) in [6.07, 6.45) is 2.83. The van der Waals surface area contributed by atoms with Crippen LogP contribution in [0.1, 0.15) is 12.8 Å². The van der Waals surface area contributed by atoms with E-state index in [1.165, 1.54) is 12.2 Å². The smallest absolute Gasteiger partial charge is 0.310 e. The molecule has 5 heteroatoms. The van der Waals surface area contributed by atoms with E-state index in [4.69, 9.17) is 0 Å². The summed E-state index contributed by atoms with van der Waals surface area (Å²) in [6.45, 7) is 5.90. The largest absolute Gasteiger partial charge is 0.457 e. The van der Waals surface area contributed by atoms with Gasteiger partial charge in [-0.2, -0.15) is 0 Å². The van der Waals surface area contributed by atoms with E-state index in [9.17, 15) is 14.4 Å². The van der Waals surface area contributed by atoms with Crippen LogP contribution in [0.4, 0.5) is 0 Å². The Morgan fingerprint density at radius 1 is 0.875 bits per heavy atom. The fourth-order valence-electron chi connectivity index (χ4n) is 0.717. The number of hydrogen-bond acceptors (Lipinski definition) is 5. The Balaban J connectivity index is 3.66. The van der Waals surface area contributed by atoms with Crippen molar-refractivity contribution in [2.24, 2.45) is 0 Å². The summed E-state index contributed by atoms with van der Waals surface area (Å²) in [4.78, 5) is 32.7. The van der Waals surface area contributed by atoms with Gasteiger partial charge in [-0.25, -0.2) is 0 Å². The van der Waals surface area contributed by atoms with Crippen molar-refractivity contribution < 1.29 is 23.9 Å². The van der Waals surface area contributed by atoms with E-state index in [1.807, 2.05) is 0 Å². The van der Waals surface area contributed by atoms with Gasteiger partial charge in [-0.05, 0) is 0 Å². The number of ketones is 1. The summed E-state index contributed by atoms with van der Waals surface area (Å²) in [5.41, 5.74) is 0. The van der Waals surface area contributed by atoms with E-state index in [-0.39, 0.29) is 12.8 Å². The van der Waals surface area contributed by atoms with E-state index in [0.29, 0.717) is 0 Å². The molecule has 0 unspecified atom stereocenters. The predicted octanol–water partition coefficient (Wildman–Crippen LogP) is 0.794. The van der Waals surface area contributed by atoms with Crippen LogP contribution in [0.2, 0.25) is 0 Å². The second-order valence-corrected chi connectivity index (χ2v) is 2.85. The van der Waals surface area contributed by atoms with Crippen molar-refractivity contribution >= 4 is 17.7 Å². The molecule has 0 aliphatic heterocycles. The van der Waals surface area contributed by atoms with Crippen LogP contribution >= 0.6 is 0 Å². The van der Waals surface area contributed by atoms with E-state index < -0.39 is 30.9 Å². The Bertz CT molecular complexity index is 265. The molecule has 0 aliphatic carbocycles. The minimum atomic E-state index is -0.541. The van der Waals surface area contributed by atoms with Crippen molar-refractivity contribution in [1.29, 1.82) is 0 Å². The average molecular weight is 226 g/mol. The Kier molecular flexibility index (Phi) is 7.40. The SMILES string of the molecule is C=CCC(=O)OCC(=O)COC(=O)CC=C. The number of Topliss-reactive ketones (excluding diaryl/α,β-unsaturated/α-hetero) is 1. The Labute approximate surface area is 93.7 Å². The molecule has 0 saturated heterocycles. The van der Waals surface area contributed by atoms with Crippen LogP contribution in [0.25, 0.3) is 0 Å². The van der Waals surface area contributed by atoms with Crippen LogP contribution in [0.5, 0.6) is 0 Å². The standard InChI is InChI=1S/C11H14O5/c1-3-5-10(13)15-7-9(12)8-16-11(14)6-4-2/h3-4H,1-2,5-8H2. The number of esters is 2. The maximum Gasteiger partial charge on any atom is 0.310 e. The molecule has 5 nitrogen and oxygen atoms in total. The lowest BCUT2D eigenvalue weighted by molar-refractivity contribution is -0.152. The maximum atomic E-state index is 11.1. The first-order chi connectivity index (χ1) is 7.60. The Hall–Kier alpha value is -1.91. The third kappa shape index (κ3) is 7.49. The van der Waals surface area contributed by atoms with Gasteiger partial charge in [0.05, 0.1) is 12.8 Å². The first kappa shape index (κ1) is 14.1. The number of carbonyl (C=O) groups excluding carboxylic acids is 3. The fraction of sp³-hybridized carbons (Fsp3) is 0.364. The first-order valence-electron chi connectivity index (χ1n) is 4.65. The van der Waals surface area contributed by atoms with Crippen LogP contribution in [0, 0.1) is 0 Å². The molecule has 0 bridgehead atoms. The first-order valence-corrected chi connectivity index (χ1v) is 4.65. The quantitative estimate of drug-likeness (QED) is 0.452. The molecule has 0 aromatic carbocycles. The van der Waals surface area contributed by atoms with E-state index in [1.54, 1.807) is 0 Å². The van der Waals surface area contributed by atoms with E-state index in [0.717, 1.165) is 0 Å². The zero-order chi connectivity index (χ0) is 12.4. The summed E-state index contributed by atoms with van der Waals surface area (Å²) in [7, 11) is 0. The third-order valence-corrected chi connectivity index (χ3v) is 1.41. The number of rotatable bonds is 8. The molecule has 0 radical (unpaired) electrons. The van der Waals surface area contributed by atoms with E-state index in [2.05, 4.69) is 22.6 Å². The molecular weight excluding hydrogens is 212 g/mol. The summed E-state index contributed by atoms with van der Waals surface area (Å²) in [5.74, 6) is -1.56. The third-order valence-electron chi connectivity index (χ3n) is 1.41. The minimum Gasteiger partial charge on any atom is -0.457 e. The van der Waals surface area contributed by atoms with Crippen LogP contribution in [0.3, 0.4) is 0 Å². The molecule has 0 atom stereocenters. The van der Waals surface area contributed by atoms with Crippen molar-refractivity contribution in [3.63, 3.8) is 0 Å². The van der Waals surface area contributed by atoms with Gasteiger partial charge >= 0.3 is 11.9 Å². The van der Waals surface area contributed by atoms with Gasteiger partial charge in [-0.15, -0.1) is 13.2 Å². The summed E-state index contributed by atoms with van der Waals surface area (Å²) in [6, 6.07) is 0. The molecule has 0 fully saturated rings. The zero-order valence-electron chi connectivity index (χ0n) is 8.94. The molecule has 0 spiro atoms. The fourth-order valence-corrected chi connectivity index (χ4v) is 0.717. The van der Waals surface area contributed by atoms with Gasteiger partial charge in [0.2, 0.25) is 5.78 Å². The van der Waals surface area contributed by atoms with Crippen molar-refractivity contribution in [3.05, 3.63) is 25.3 Å². The highest BCUT2D eigenvalue weighted by Gasteiger charge is 2.08. The Morgan fingerprint density at radius 2 is 1.25 bits per heavy atom. The van der Waals surface area contributed by atoms with Crippen LogP contribution in [-0.4, -0.2) is 30.9 Å². The number of ether oxygens (including phenoxy) is 2. The van der Waals surface area contributed by atoms with Crippen molar-refractivity contribution in [3.8, 4) is 0 Å². The molecule has 0 saturated carbocycles. The van der Waals surface area contributed by atoms with Crippen molar-refractivity contribution in [1.82, 2.24) is 0 Å². The van der Waals surface area contributed by atoms with Gasteiger partial charge in [0.15, 0.2) is 13.2 Å². The van der Waals surface area contributed by atoms with Crippen LogP contribution in [0.15, 0.2) is 25.3 Å². The average Bonchev–Trinajstić information content (AvgIpc) is 2.24. The normalized spacial score (nSPS) is 9.00. The molecule has 0 amide bonds. The molecule has 88 valence electrons. The minimum absolute atomic E-state index is 0.0452. The highest BCUT2D eigenvalue weighted by atomic mass is 16.6.